The van der Waals surface area contributed by atoms with E-state index in [0.29, 0.717) is 12.4 Å². The molecule has 0 radical (unpaired) electrons. The number of ether oxygens (including phenoxy) is 2. The minimum absolute atomic E-state index is 0.167. The topological polar surface area (TPSA) is 77.0 Å². The van der Waals surface area contributed by atoms with Gasteiger partial charge in [-0.1, -0.05) is 17.7 Å². The molecular formula is C17H20N2O4S. The lowest BCUT2D eigenvalue weighted by Crippen LogP contribution is -2.18. The molecule has 0 aliphatic heterocycles. The van der Waals surface area contributed by atoms with Gasteiger partial charge in [0.15, 0.2) is 0 Å². The van der Waals surface area contributed by atoms with Gasteiger partial charge in [-0.05, 0) is 42.8 Å². The van der Waals surface area contributed by atoms with Crippen molar-refractivity contribution in [2.24, 2.45) is 5.10 Å². The summed E-state index contributed by atoms with van der Waals surface area (Å²) in [4.78, 5) is 2.37. The van der Waals surface area contributed by atoms with E-state index in [1.54, 1.807) is 38.5 Å². The summed E-state index contributed by atoms with van der Waals surface area (Å²) in [6.07, 6.45) is 1.43. The molecular weight excluding hydrogens is 328 g/mol. The number of benzene rings is 2. The van der Waals surface area contributed by atoms with E-state index in [1.165, 1.54) is 18.3 Å². The fourth-order valence-electron chi connectivity index (χ4n) is 2.09. The molecule has 2 aromatic carbocycles. The molecule has 0 amide bonds. The summed E-state index contributed by atoms with van der Waals surface area (Å²) < 4.78 is 34.6. The van der Waals surface area contributed by atoms with Crippen molar-refractivity contribution >= 4 is 16.2 Å². The lowest BCUT2D eigenvalue weighted by molar-refractivity contribution is 0.181. The molecule has 0 saturated heterocycles. The molecule has 0 spiro atoms. The van der Waals surface area contributed by atoms with Gasteiger partial charge < -0.3 is 9.47 Å². The standard InChI is InChI=1S/C17H20N2O4S/c1-13-4-7-16(8-5-13)24(20,21)19-18-11-14-6-9-17(23-3)15(10-14)12-22-2/h4-11,19H,12H2,1-3H3/b18-11+. The molecule has 128 valence electrons. The van der Waals surface area contributed by atoms with Crippen LogP contribution in [0.25, 0.3) is 0 Å². The average Bonchev–Trinajstić information content (AvgIpc) is 2.56. The largest absolute Gasteiger partial charge is 0.496 e. The van der Waals surface area contributed by atoms with Crippen LogP contribution in [0.3, 0.4) is 0 Å². The van der Waals surface area contributed by atoms with Crippen molar-refractivity contribution in [1.82, 2.24) is 4.83 Å². The van der Waals surface area contributed by atoms with E-state index in [-0.39, 0.29) is 4.90 Å². The minimum atomic E-state index is -3.68. The molecule has 0 bridgehead atoms. The van der Waals surface area contributed by atoms with Crippen LogP contribution in [0, 0.1) is 6.92 Å². The van der Waals surface area contributed by atoms with Crippen LogP contribution in [-0.2, 0) is 21.4 Å². The van der Waals surface area contributed by atoms with Gasteiger partial charge in [-0.3, -0.25) is 0 Å². The highest BCUT2D eigenvalue weighted by molar-refractivity contribution is 7.89. The first-order chi connectivity index (χ1) is 11.5. The Morgan fingerprint density at radius 2 is 1.83 bits per heavy atom. The number of sulfonamides is 1. The van der Waals surface area contributed by atoms with Gasteiger partial charge in [0, 0.05) is 12.7 Å². The molecule has 6 nitrogen and oxygen atoms in total. The average molecular weight is 348 g/mol. The fraction of sp³-hybridized carbons (Fsp3) is 0.235. The second-order valence-corrected chi connectivity index (χ2v) is 6.83. The summed E-state index contributed by atoms with van der Waals surface area (Å²) in [7, 11) is -0.503. The number of rotatable bonds is 7. The van der Waals surface area contributed by atoms with E-state index >= 15 is 0 Å². The minimum Gasteiger partial charge on any atom is -0.496 e. The van der Waals surface area contributed by atoms with E-state index in [1.807, 2.05) is 13.0 Å². The van der Waals surface area contributed by atoms with Crippen molar-refractivity contribution in [2.75, 3.05) is 14.2 Å². The SMILES string of the molecule is COCc1cc(/C=N/NS(=O)(=O)c2ccc(C)cc2)ccc1OC. The van der Waals surface area contributed by atoms with Gasteiger partial charge in [0.05, 0.1) is 24.8 Å². The summed E-state index contributed by atoms with van der Waals surface area (Å²) in [5.74, 6) is 0.703. The molecule has 7 heteroatoms. The molecule has 0 atom stereocenters. The third-order valence-electron chi connectivity index (χ3n) is 3.32. The van der Waals surface area contributed by atoms with Crippen molar-refractivity contribution in [3.8, 4) is 5.75 Å². The summed E-state index contributed by atoms with van der Waals surface area (Å²) >= 11 is 0. The molecule has 0 aliphatic rings. The monoisotopic (exact) mass is 348 g/mol. The number of aryl methyl sites for hydroxylation is 1. The Kier molecular flexibility index (Phi) is 5.94. The summed E-state index contributed by atoms with van der Waals surface area (Å²) in [6, 6.07) is 11.9. The van der Waals surface area contributed by atoms with Crippen molar-refractivity contribution < 1.29 is 17.9 Å². The third-order valence-corrected chi connectivity index (χ3v) is 4.56. The number of methoxy groups -OCH3 is 2. The Morgan fingerprint density at radius 1 is 1.12 bits per heavy atom. The quantitative estimate of drug-likeness (QED) is 0.616. The van der Waals surface area contributed by atoms with Crippen molar-refractivity contribution in [3.05, 3.63) is 59.2 Å². The molecule has 0 saturated carbocycles. The van der Waals surface area contributed by atoms with Crippen LogP contribution in [0.4, 0.5) is 0 Å². The highest BCUT2D eigenvalue weighted by Gasteiger charge is 2.11. The van der Waals surface area contributed by atoms with Crippen LogP contribution >= 0.6 is 0 Å². The first-order valence-electron chi connectivity index (χ1n) is 7.23. The highest BCUT2D eigenvalue weighted by atomic mass is 32.2. The Labute approximate surface area is 142 Å². The molecule has 0 aliphatic carbocycles. The van der Waals surface area contributed by atoms with Gasteiger partial charge in [0.2, 0.25) is 0 Å². The normalized spacial score (nSPS) is 11.6. The second-order valence-electron chi connectivity index (χ2n) is 5.17. The maximum atomic E-state index is 12.1. The zero-order chi connectivity index (χ0) is 17.6. The predicted octanol–water partition coefficient (Wildman–Crippen LogP) is 2.46. The van der Waals surface area contributed by atoms with Crippen molar-refractivity contribution in [1.29, 1.82) is 0 Å². The van der Waals surface area contributed by atoms with Crippen molar-refractivity contribution in [2.45, 2.75) is 18.4 Å². The van der Waals surface area contributed by atoms with Crippen LogP contribution in [-0.4, -0.2) is 28.9 Å². The van der Waals surface area contributed by atoms with Gasteiger partial charge in [0.25, 0.3) is 10.0 Å². The smallest absolute Gasteiger partial charge is 0.276 e. The van der Waals surface area contributed by atoms with Gasteiger partial charge in [0.1, 0.15) is 5.75 Å². The molecule has 2 rings (SSSR count). The lowest BCUT2D eigenvalue weighted by Gasteiger charge is -2.08. The molecule has 0 heterocycles. The number of hydrogen-bond acceptors (Lipinski definition) is 5. The highest BCUT2D eigenvalue weighted by Crippen LogP contribution is 2.20. The van der Waals surface area contributed by atoms with Crippen LogP contribution in [0.1, 0.15) is 16.7 Å². The predicted molar refractivity (Wildman–Crippen MR) is 92.8 cm³/mol. The van der Waals surface area contributed by atoms with Crippen LogP contribution in [0.5, 0.6) is 5.75 Å². The number of nitrogens with zero attached hydrogens (tertiary/aromatic N) is 1. The van der Waals surface area contributed by atoms with E-state index in [9.17, 15) is 8.42 Å². The molecule has 0 aromatic heterocycles. The number of hydrogen-bond donors (Lipinski definition) is 1. The first kappa shape index (κ1) is 18.0. The van der Waals surface area contributed by atoms with Gasteiger partial charge in [-0.25, -0.2) is 4.83 Å². The molecule has 24 heavy (non-hydrogen) atoms. The Balaban J connectivity index is 2.13. The van der Waals surface area contributed by atoms with Crippen LogP contribution in [0.15, 0.2) is 52.5 Å². The maximum Gasteiger partial charge on any atom is 0.276 e. The number of hydrazone groups is 1. The van der Waals surface area contributed by atoms with Crippen molar-refractivity contribution in [3.63, 3.8) is 0 Å². The first-order valence-corrected chi connectivity index (χ1v) is 8.72. The Bertz CT molecular complexity index is 815. The second kappa shape index (κ2) is 7.94. The molecule has 0 fully saturated rings. The van der Waals surface area contributed by atoms with Gasteiger partial charge in [-0.2, -0.15) is 13.5 Å². The molecule has 1 N–H and O–H groups in total. The summed E-state index contributed by atoms with van der Waals surface area (Å²) in [5.41, 5.74) is 2.57. The third kappa shape index (κ3) is 4.56. The fourth-order valence-corrected chi connectivity index (χ4v) is 2.88. The van der Waals surface area contributed by atoms with E-state index in [2.05, 4.69) is 9.93 Å². The molecule has 0 unspecified atom stereocenters. The van der Waals surface area contributed by atoms with E-state index in [4.69, 9.17) is 9.47 Å². The van der Waals surface area contributed by atoms with Crippen LogP contribution in [0.2, 0.25) is 0 Å². The van der Waals surface area contributed by atoms with E-state index < -0.39 is 10.0 Å². The zero-order valence-corrected chi connectivity index (χ0v) is 14.6. The lowest BCUT2D eigenvalue weighted by atomic mass is 10.1. The Hall–Kier alpha value is -2.38. The zero-order valence-electron chi connectivity index (χ0n) is 13.8. The van der Waals surface area contributed by atoms with E-state index in [0.717, 1.165) is 16.7 Å². The maximum absolute atomic E-state index is 12.1. The molecule has 2 aromatic rings. The van der Waals surface area contributed by atoms with Gasteiger partial charge in [-0.15, -0.1) is 0 Å². The summed E-state index contributed by atoms with van der Waals surface area (Å²) in [6.45, 7) is 2.28. The summed E-state index contributed by atoms with van der Waals surface area (Å²) in [5, 5.41) is 3.82. The Morgan fingerprint density at radius 3 is 2.46 bits per heavy atom. The van der Waals surface area contributed by atoms with Gasteiger partial charge >= 0.3 is 0 Å². The number of nitrogens with one attached hydrogen (secondary N) is 1. The van der Waals surface area contributed by atoms with Crippen LogP contribution < -0.4 is 9.57 Å².